The van der Waals surface area contributed by atoms with E-state index in [2.05, 4.69) is 5.32 Å². The molecule has 156 valence electrons. The number of ether oxygens (including phenoxy) is 1. The zero-order valence-corrected chi connectivity index (χ0v) is 17.7. The highest BCUT2D eigenvalue weighted by atomic mass is 16.5. The van der Waals surface area contributed by atoms with E-state index in [1.54, 1.807) is 18.2 Å². The van der Waals surface area contributed by atoms with Crippen LogP contribution in [-0.2, 0) is 16.1 Å². The fourth-order valence-corrected chi connectivity index (χ4v) is 3.37. The van der Waals surface area contributed by atoms with Gasteiger partial charge in [0.2, 0.25) is 0 Å². The van der Waals surface area contributed by atoms with E-state index in [4.69, 9.17) is 4.74 Å². The minimum absolute atomic E-state index is 0.0391. The third-order valence-electron chi connectivity index (χ3n) is 4.98. The zero-order chi connectivity index (χ0) is 22.4. The number of esters is 1. The molecular weight excluding hydrogens is 390 g/mol. The second-order valence-electron chi connectivity index (χ2n) is 7.04. The van der Waals surface area contributed by atoms with E-state index in [9.17, 15) is 14.9 Å². The van der Waals surface area contributed by atoms with Crippen molar-refractivity contribution in [1.29, 1.82) is 5.26 Å². The number of nitrogens with one attached hydrogen (secondary N) is 1. The molecule has 0 bridgehead atoms. The number of nitrogens with zero attached hydrogens (tertiary/aromatic N) is 2. The first-order valence-corrected chi connectivity index (χ1v) is 9.76. The summed E-state index contributed by atoms with van der Waals surface area (Å²) in [6, 6.07) is 20.5. The van der Waals surface area contributed by atoms with Crippen LogP contribution in [0.3, 0.4) is 0 Å². The maximum Gasteiger partial charge on any atom is 0.337 e. The fourth-order valence-electron chi connectivity index (χ4n) is 3.37. The molecule has 0 saturated carbocycles. The lowest BCUT2D eigenvalue weighted by molar-refractivity contribution is -0.117. The van der Waals surface area contributed by atoms with E-state index in [1.165, 1.54) is 7.11 Å². The summed E-state index contributed by atoms with van der Waals surface area (Å²) in [4.78, 5) is 24.2. The summed E-state index contributed by atoms with van der Waals surface area (Å²) in [5, 5.41) is 12.3. The van der Waals surface area contributed by atoms with E-state index in [0.29, 0.717) is 12.1 Å². The second-order valence-corrected chi connectivity index (χ2v) is 7.04. The van der Waals surface area contributed by atoms with Crippen LogP contribution in [0.25, 0.3) is 11.8 Å². The molecule has 0 aliphatic carbocycles. The maximum atomic E-state index is 12.5. The number of hydrogen-bond donors (Lipinski definition) is 1. The van der Waals surface area contributed by atoms with Gasteiger partial charge in [-0.15, -0.1) is 0 Å². The van der Waals surface area contributed by atoms with E-state index >= 15 is 0 Å². The van der Waals surface area contributed by atoms with Gasteiger partial charge in [0, 0.05) is 23.6 Å². The molecule has 3 aromatic rings. The largest absolute Gasteiger partial charge is 0.465 e. The van der Waals surface area contributed by atoms with Crippen LogP contribution in [0.2, 0.25) is 0 Å². The van der Waals surface area contributed by atoms with Crippen LogP contribution in [-0.4, -0.2) is 23.6 Å². The summed E-state index contributed by atoms with van der Waals surface area (Å²) in [5.74, 6) is -0.810. The van der Waals surface area contributed by atoms with Gasteiger partial charge in [-0.1, -0.05) is 30.3 Å². The number of aromatic nitrogens is 1. The lowest BCUT2D eigenvalue weighted by Crippen LogP contribution is -2.23. The molecular formula is C25H23N3O3. The Morgan fingerprint density at radius 3 is 2.39 bits per heavy atom. The number of rotatable bonds is 6. The third-order valence-corrected chi connectivity index (χ3v) is 4.98. The average Bonchev–Trinajstić information content (AvgIpc) is 3.08. The molecule has 0 saturated heterocycles. The SMILES string of the molecule is COC(=O)c1ccc(-n2c(C)cc(/C=C(/C#N)C(=O)NCc3ccccc3)c2C)cc1. The Hall–Kier alpha value is -4.11. The quantitative estimate of drug-likeness (QED) is 0.375. The van der Waals surface area contributed by atoms with E-state index in [1.807, 2.05) is 73.0 Å². The molecule has 0 unspecified atom stereocenters. The van der Waals surface area contributed by atoms with Crippen molar-refractivity contribution in [3.63, 3.8) is 0 Å². The lowest BCUT2D eigenvalue weighted by atomic mass is 10.1. The van der Waals surface area contributed by atoms with Gasteiger partial charge in [0.05, 0.1) is 12.7 Å². The highest BCUT2D eigenvalue weighted by Gasteiger charge is 2.14. The van der Waals surface area contributed by atoms with Gasteiger partial charge in [-0.3, -0.25) is 4.79 Å². The number of methoxy groups -OCH3 is 1. The number of benzene rings is 2. The number of carbonyl (C=O) groups is 2. The van der Waals surface area contributed by atoms with Gasteiger partial charge >= 0.3 is 5.97 Å². The summed E-state index contributed by atoms with van der Waals surface area (Å²) in [5.41, 5.74) is 4.94. The van der Waals surface area contributed by atoms with Crippen molar-refractivity contribution >= 4 is 18.0 Å². The Kier molecular flexibility index (Phi) is 6.68. The molecule has 0 fully saturated rings. The Morgan fingerprint density at radius 2 is 1.77 bits per heavy atom. The standard InChI is InChI=1S/C25H23N3O3/c1-17-13-21(14-22(15-26)24(29)27-16-19-7-5-4-6-8-19)18(2)28(17)23-11-9-20(10-12-23)25(30)31-3/h4-14H,16H2,1-3H3,(H,27,29)/b22-14-. The van der Waals surface area contributed by atoms with Crippen molar-refractivity contribution < 1.29 is 14.3 Å². The summed E-state index contributed by atoms with van der Waals surface area (Å²) in [6.07, 6.45) is 1.60. The number of aryl methyl sites for hydroxylation is 1. The first kappa shape index (κ1) is 21.6. The van der Waals surface area contributed by atoms with Crippen molar-refractivity contribution in [2.75, 3.05) is 7.11 Å². The molecule has 6 heteroatoms. The summed E-state index contributed by atoms with van der Waals surface area (Å²) in [6.45, 7) is 4.22. The van der Waals surface area contributed by atoms with Gasteiger partial charge in [-0.25, -0.2) is 4.79 Å². The molecule has 1 amide bonds. The molecule has 1 heterocycles. The Labute approximate surface area is 181 Å². The number of hydrogen-bond acceptors (Lipinski definition) is 4. The van der Waals surface area contributed by atoms with E-state index in [0.717, 1.165) is 28.2 Å². The average molecular weight is 413 g/mol. The minimum atomic E-state index is -0.418. The second kappa shape index (κ2) is 9.59. The molecule has 0 aliphatic heterocycles. The molecule has 0 spiro atoms. The van der Waals surface area contributed by atoms with Gasteiger partial charge in [-0.05, 0) is 61.4 Å². The number of amides is 1. The molecule has 0 radical (unpaired) electrons. The van der Waals surface area contributed by atoms with Crippen molar-refractivity contribution in [3.05, 3.63) is 94.3 Å². The van der Waals surface area contributed by atoms with Crippen LogP contribution in [0.15, 0.2) is 66.2 Å². The van der Waals surface area contributed by atoms with Gasteiger partial charge < -0.3 is 14.6 Å². The van der Waals surface area contributed by atoms with E-state index < -0.39 is 11.9 Å². The molecule has 2 aromatic carbocycles. The molecule has 0 aliphatic rings. The van der Waals surface area contributed by atoms with Crippen molar-refractivity contribution in [3.8, 4) is 11.8 Å². The van der Waals surface area contributed by atoms with Crippen LogP contribution in [0, 0.1) is 25.2 Å². The first-order valence-electron chi connectivity index (χ1n) is 9.76. The Balaban J connectivity index is 1.84. The van der Waals surface area contributed by atoms with Crippen LogP contribution < -0.4 is 5.32 Å². The van der Waals surface area contributed by atoms with E-state index in [-0.39, 0.29) is 5.57 Å². The fraction of sp³-hybridized carbons (Fsp3) is 0.160. The predicted octanol–water partition coefficient (Wildman–Crippen LogP) is 4.10. The topological polar surface area (TPSA) is 84.1 Å². The molecule has 1 N–H and O–H groups in total. The molecule has 1 aromatic heterocycles. The highest BCUT2D eigenvalue weighted by molar-refractivity contribution is 6.01. The smallest absolute Gasteiger partial charge is 0.337 e. The number of nitriles is 1. The molecule has 0 atom stereocenters. The normalized spacial score (nSPS) is 11.0. The van der Waals surface area contributed by atoms with Gasteiger partial charge in [0.25, 0.3) is 5.91 Å². The summed E-state index contributed by atoms with van der Waals surface area (Å²) in [7, 11) is 1.35. The van der Waals surface area contributed by atoms with Crippen LogP contribution in [0.1, 0.15) is 32.9 Å². The Bertz CT molecular complexity index is 1170. The maximum absolute atomic E-state index is 12.5. The first-order chi connectivity index (χ1) is 14.9. The zero-order valence-electron chi connectivity index (χ0n) is 17.7. The molecule has 31 heavy (non-hydrogen) atoms. The molecule has 3 rings (SSSR count). The summed E-state index contributed by atoms with van der Waals surface area (Å²) >= 11 is 0. The predicted molar refractivity (Wildman–Crippen MR) is 118 cm³/mol. The monoisotopic (exact) mass is 413 g/mol. The van der Waals surface area contributed by atoms with Crippen LogP contribution in [0.4, 0.5) is 0 Å². The lowest BCUT2D eigenvalue weighted by Gasteiger charge is -2.10. The van der Waals surface area contributed by atoms with Gasteiger partial charge in [0.1, 0.15) is 11.6 Å². The summed E-state index contributed by atoms with van der Waals surface area (Å²) < 4.78 is 6.74. The van der Waals surface area contributed by atoms with Crippen molar-refractivity contribution in [1.82, 2.24) is 9.88 Å². The van der Waals surface area contributed by atoms with Crippen LogP contribution in [0.5, 0.6) is 0 Å². The molecule has 6 nitrogen and oxygen atoms in total. The van der Waals surface area contributed by atoms with Crippen molar-refractivity contribution in [2.45, 2.75) is 20.4 Å². The third kappa shape index (κ3) is 4.90. The highest BCUT2D eigenvalue weighted by Crippen LogP contribution is 2.23. The van der Waals surface area contributed by atoms with Crippen molar-refractivity contribution in [2.24, 2.45) is 0 Å². The number of carbonyl (C=O) groups excluding carboxylic acids is 2. The van der Waals surface area contributed by atoms with Crippen LogP contribution >= 0.6 is 0 Å². The minimum Gasteiger partial charge on any atom is -0.465 e. The van der Waals surface area contributed by atoms with Gasteiger partial charge in [0.15, 0.2) is 0 Å². The Morgan fingerprint density at radius 1 is 1.10 bits per heavy atom. The van der Waals surface area contributed by atoms with Gasteiger partial charge in [-0.2, -0.15) is 5.26 Å².